The smallest absolute Gasteiger partial charge is 0.163 e. The summed E-state index contributed by atoms with van der Waals surface area (Å²) in [7, 11) is 0. The lowest BCUT2D eigenvalue weighted by Crippen LogP contribution is -2.24. The normalized spacial score (nSPS) is 36.2. The van der Waals surface area contributed by atoms with E-state index < -0.39 is 5.79 Å². The van der Waals surface area contributed by atoms with Gasteiger partial charge in [0, 0.05) is 0 Å². The predicted octanol–water partition coefficient (Wildman–Crippen LogP) is 2.28. The van der Waals surface area contributed by atoms with Gasteiger partial charge in [-0.3, -0.25) is 0 Å². The summed E-state index contributed by atoms with van der Waals surface area (Å²) in [5, 5.41) is 0. The fourth-order valence-corrected chi connectivity index (χ4v) is 2.19. The van der Waals surface area contributed by atoms with Crippen LogP contribution in [0.5, 0.6) is 0 Å². The molecule has 2 aliphatic rings. The van der Waals surface area contributed by atoms with E-state index in [0.29, 0.717) is 6.61 Å². The summed E-state index contributed by atoms with van der Waals surface area (Å²) in [4.78, 5) is 0. The molecule has 3 nitrogen and oxygen atoms in total. The second-order valence-corrected chi connectivity index (χ2v) is 4.80. The van der Waals surface area contributed by atoms with E-state index >= 15 is 0 Å². The highest BCUT2D eigenvalue weighted by molar-refractivity contribution is 5.23. The lowest BCUT2D eigenvalue weighted by atomic mass is 10.1. The third kappa shape index (κ3) is 1.86. The predicted molar refractivity (Wildman–Crippen MR) is 59.0 cm³/mol. The van der Waals surface area contributed by atoms with Gasteiger partial charge in [0.05, 0.1) is 6.61 Å². The van der Waals surface area contributed by atoms with E-state index in [4.69, 9.17) is 14.2 Å². The van der Waals surface area contributed by atoms with E-state index in [1.165, 1.54) is 5.56 Å². The summed E-state index contributed by atoms with van der Waals surface area (Å²) < 4.78 is 17.0. The van der Waals surface area contributed by atoms with Gasteiger partial charge in [0.15, 0.2) is 5.79 Å². The molecule has 3 heteroatoms. The van der Waals surface area contributed by atoms with E-state index in [1.807, 2.05) is 32.0 Å². The maximum Gasteiger partial charge on any atom is 0.163 e. The van der Waals surface area contributed by atoms with Gasteiger partial charge in [0.2, 0.25) is 0 Å². The lowest BCUT2D eigenvalue weighted by molar-refractivity contribution is -0.140. The quantitative estimate of drug-likeness (QED) is 0.716. The van der Waals surface area contributed by atoms with E-state index in [0.717, 1.165) is 0 Å². The summed E-state index contributed by atoms with van der Waals surface area (Å²) in [6, 6.07) is 10.3. The first-order valence-corrected chi connectivity index (χ1v) is 5.68. The molecular weight excluding hydrogens is 204 g/mol. The highest BCUT2D eigenvalue weighted by Gasteiger charge is 2.51. The van der Waals surface area contributed by atoms with Crippen LogP contribution in [0.15, 0.2) is 30.3 Å². The molecule has 2 aliphatic heterocycles. The van der Waals surface area contributed by atoms with E-state index in [9.17, 15) is 0 Å². The zero-order valence-corrected chi connectivity index (χ0v) is 9.55. The minimum atomic E-state index is -0.460. The van der Waals surface area contributed by atoms with Crippen molar-refractivity contribution in [3.63, 3.8) is 0 Å². The van der Waals surface area contributed by atoms with Crippen molar-refractivity contribution in [3.05, 3.63) is 35.9 Å². The van der Waals surface area contributed by atoms with Crippen molar-refractivity contribution in [2.75, 3.05) is 6.61 Å². The van der Waals surface area contributed by atoms with Crippen LogP contribution in [0.2, 0.25) is 0 Å². The van der Waals surface area contributed by atoms with E-state index in [-0.39, 0.29) is 18.3 Å². The zero-order chi connectivity index (χ0) is 11.2. The van der Waals surface area contributed by atoms with Crippen molar-refractivity contribution in [1.82, 2.24) is 0 Å². The van der Waals surface area contributed by atoms with Crippen LogP contribution in [0.3, 0.4) is 0 Å². The van der Waals surface area contributed by atoms with Gasteiger partial charge in [-0.2, -0.15) is 0 Å². The first-order chi connectivity index (χ1) is 7.66. The highest BCUT2D eigenvalue weighted by atomic mass is 16.8. The largest absolute Gasteiger partial charge is 0.362 e. The van der Waals surface area contributed by atoms with Crippen LogP contribution in [-0.2, 0) is 14.2 Å². The Morgan fingerprint density at radius 2 is 1.94 bits per heavy atom. The van der Waals surface area contributed by atoms with Crippen molar-refractivity contribution in [1.29, 1.82) is 0 Å². The molecule has 2 saturated heterocycles. The molecule has 0 amide bonds. The second kappa shape index (κ2) is 3.55. The first-order valence-electron chi connectivity index (χ1n) is 5.68. The molecule has 0 saturated carbocycles. The number of hydrogen-bond acceptors (Lipinski definition) is 3. The molecule has 0 bridgehead atoms. The van der Waals surface area contributed by atoms with Gasteiger partial charge < -0.3 is 14.2 Å². The average Bonchev–Trinajstić information content (AvgIpc) is 2.99. The average molecular weight is 220 g/mol. The molecule has 2 fully saturated rings. The van der Waals surface area contributed by atoms with Crippen molar-refractivity contribution in [2.24, 2.45) is 0 Å². The summed E-state index contributed by atoms with van der Waals surface area (Å²) in [5.41, 5.74) is 1.22. The Morgan fingerprint density at radius 1 is 1.19 bits per heavy atom. The standard InChI is InChI=1S/C13H16O3/c1-13(2)14-8-10(16-13)12-11(15-12)9-6-4-3-5-7-9/h3-7,10-12H,8H2,1-2H3/t10-,11?,12?/m1/s1. The van der Waals surface area contributed by atoms with Gasteiger partial charge in [-0.25, -0.2) is 0 Å². The van der Waals surface area contributed by atoms with Gasteiger partial charge in [-0.1, -0.05) is 30.3 Å². The van der Waals surface area contributed by atoms with Crippen LogP contribution in [0.25, 0.3) is 0 Å². The number of ether oxygens (including phenoxy) is 3. The topological polar surface area (TPSA) is 31.0 Å². The molecule has 0 aromatic heterocycles. The Kier molecular flexibility index (Phi) is 2.28. The van der Waals surface area contributed by atoms with Crippen LogP contribution in [-0.4, -0.2) is 24.6 Å². The molecule has 86 valence electrons. The van der Waals surface area contributed by atoms with Crippen LogP contribution in [0.4, 0.5) is 0 Å². The molecule has 2 heterocycles. The number of rotatable bonds is 2. The molecule has 1 aromatic rings. The minimum Gasteiger partial charge on any atom is -0.362 e. The van der Waals surface area contributed by atoms with Gasteiger partial charge >= 0.3 is 0 Å². The third-order valence-corrected chi connectivity index (χ3v) is 3.05. The van der Waals surface area contributed by atoms with Crippen molar-refractivity contribution < 1.29 is 14.2 Å². The number of epoxide rings is 1. The summed E-state index contributed by atoms with van der Waals surface area (Å²) >= 11 is 0. The number of benzene rings is 1. The zero-order valence-electron chi connectivity index (χ0n) is 9.55. The van der Waals surface area contributed by atoms with E-state index in [1.54, 1.807) is 0 Å². The van der Waals surface area contributed by atoms with Crippen molar-refractivity contribution in [3.8, 4) is 0 Å². The monoisotopic (exact) mass is 220 g/mol. The third-order valence-electron chi connectivity index (χ3n) is 3.05. The van der Waals surface area contributed by atoms with Crippen LogP contribution >= 0.6 is 0 Å². The van der Waals surface area contributed by atoms with Gasteiger partial charge in [0.1, 0.15) is 18.3 Å². The Bertz CT molecular complexity index is 374. The second-order valence-electron chi connectivity index (χ2n) is 4.80. The van der Waals surface area contributed by atoms with Gasteiger partial charge in [-0.05, 0) is 19.4 Å². The lowest BCUT2D eigenvalue weighted by Gasteiger charge is -2.16. The maximum absolute atomic E-state index is 5.78. The molecular formula is C13H16O3. The Balaban J connectivity index is 1.65. The summed E-state index contributed by atoms with van der Waals surface area (Å²) in [6.45, 7) is 4.50. The molecule has 3 rings (SSSR count). The first kappa shape index (κ1) is 10.3. The molecule has 1 aromatic carbocycles. The van der Waals surface area contributed by atoms with Crippen LogP contribution < -0.4 is 0 Å². The van der Waals surface area contributed by atoms with Gasteiger partial charge in [0.25, 0.3) is 0 Å². The fraction of sp³-hybridized carbons (Fsp3) is 0.538. The Morgan fingerprint density at radius 3 is 2.56 bits per heavy atom. The molecule has 3 atom stereocenters. The van der Waals surface area contributed by atoms with Crippen molar-refractivity contribution >= 4 is 0 Å². The highest BCUT2D eigenvalue weighted by Crippen LogP contribution is 2.44. The van der Waals surface area contributed by atoms with Crippen LogP contribution in [0.1, 0.15) is 25.5 Å². The Hall–Kier alpha value is -0.900. The fourth-order valence-electron chi connectivity index (χ4n) is 2.19. The Labute approximate surface area is 95.3 Å². The molecule has 2 unspecified atom stereocenters. The van der Waals surface area contributed by atoms with Crippen molar-refractivity contribution in [2.45, 2.75) is 37.9 Å². The SMILES string of the molecule is CC1(C)OC[C@H](C2OC2c2ccccc2)O1. The molecule has 0 aliphatic carbocycles. The maximum atomic E-state index is 5.78. The van der Waals surface area contributed by atoms with E-state index in [2.05, 4.69) is 12.1 Å². The molecule has 16 heavy (non-hydrogen) atoms. The molecule has 0 radical (unpaired) electrons. The summed E-state index contributed by atoms with van der Waals surface area (Å²) in [5.74, 6) is -0.460. The minimum absolute atomic E-state index is 0.0696. The molecule has 0 N–H and O–H groups in total. The van der Waals surface area contributed by atoms with Gasteiger partial charge in [-0.15, -0.1) is 0 Å². The number of hydrogen-bond donors (Lipinski definition) is 0. The summed E-state index contributed by atoms with van der Waals surface area (Å²) in [6.07, 6.45) is 0.410. The molecule has 0 spiro atoms. The van der Waals surface area contributed by atoms with Crippen LogP contribution in [0, 0.1) is 0 Å².